The van der Waals surface area contributed by atoms with Gasteiger partial charge >= 0.3 is 6.09 Å². The fourth-order valence-corrected chi connectivity index (χ4v) is 2.53. The summed E-state index contributed by atoms with van der Waals surface area (Å²) in [6, 6.07) is 8.66. The fraction of sp³-hybridized carbons (Fsp3) is 0.500. The minimum absolute atomic E-state index is 0.0157. The Morgan fingerprint density at radius 1 is 1.29 bits per heavy atom. The number of nitriles is 1. The molecule has 24 heavy (non-hydrogen) atoms. The molecule has 0 bridgehead atoms. The predicted molar refractivity (Wildman–Crippen MR) is 89.5 cm³/mol. The van der Waals surface area contributed by atoms with Crippen LogP contribution in [0, 0.1) is 11.3 Å². The smallest absolute Gasteiger partial charge is 0.410 e. The normalized spacial score (nSPS) is 15.5. The first-order valence-electron chi connectivity index (χ1n) is 8.07. The number of nitrogens with zero attached hydrogens (tertiary/aromatic N) is 2. The summed E-state index contributed by atoms with van der Waals surface area (Å²) in [5, 5.41) is 11.9. The van der Waals surface area contributed by atoms with Gasteiger partial charge in [0, 0.05) is 24.7 Å². The van der Waals surface area contributed by atoms with Crippen LogP contribution in [0.15, 0.2) is 24.3 Å². The molecule has 1 aliphatic rings. The molecule has 1 heterocycles. The van der Waals surface area contributed by atoms with Crippen LogP contribution in [0.5, 0.6) is 0 Å². The molecule has 128 valence electrons. The maximum Gasteiger partial charge on any atom is 0.410 e. The first-order valence-corrected chi connectivity index (χ1v) is 8.07. The molecular formula is C18H23N3O3. The first-order chi connectivity index (χ1) is 11.3. The summed E-state index contributed by atoms with van der Waals surface area (Å²) in [6.07, 6.45) is 1.06. The van der Waals surface area contributed by atoms with Crippen LogP contribution in [0.25, 0.3) is 0 Å². The second kappa shape index (κ2) is 7.35. The number of carbonyl (C=O) groups excluding carboxylic acids is 2. The van der Waals surface area contributed by atoms with Crippen molar-refractivity contribution in [3.05, 3.63) is 35.4 Å². The average molecular weight is 329 g/mol. The quantitative estimate of drug-likeness (QED) is 0.904. The van der Waals surface area contributed by atoms with Gasteiger partial charge in [-0.05, 0) is 51.8 Å². The molecule has 6 nitrogen and oxygen atoms in total. The average Bonchev–Trinajstić information content (AvgIpc) is 2.54. The maximum absolute atomic E-state index is 12.3. The van der Waals surface area contributed by atoms with E-state index in [9.17, 15) is 9.59 Å². The summed E-state index contributed by atoms with van der Waals surface area (Å²) in [5.74, 6) is -0.192. The van der Waals surface area contributed by atoms with Crippen LogP contribution < -0.4 is 5.32 Å². The van der Waals surface area contributed by atoms with Crippen LogP contribution >= 0.6 is 0 Å². The Morgan fingerprint density at radius 2 is 1.96 bits per heavy atom. The fourth-order valence-electron chi connectivity index (χ4n) is 2.53. The Balaban J connectivity index is 1.85. The first kappa shape index (κ1) is 17.8. The van der Waals surface area contributed by atoms with Gasteiger partial charge in [0.1, 0.15) is 5.60 Å². The number of likely N-dealkylation sites (tertiary alicyclic amines) is 1. The monoisotopic (exact) mass is 329 g/mol. The zero-order valence-corrected chi connectivity index (χ0v) is 14.3. The molecule has 0 unspecified atom stereocenters. The molecular weight excluding hydrogens is 306 g/mol. The number of ether oxygens (including phenoxy) is 1. The van der Waals surface area contributed by atoms with Crippen LogP contribution in [0.4, 0.5) is 4.79 Å². The maximum atomic E-state index is 12.3. The largest absolute Gasteiger partial charge is 0.444 e. The topological polar surface area (TPSA) is 82.4 Å². The van der Waals surface area contributed by atoms with Gasteiger partial charge in [0.2, 0.25) is 0 Å². The number of nitrogens with one attached hydrogen (secondary N) is 1. The predicted octanol–water partition coefficient (Wildman–Crippen LogP) is 2.69. The molecule has 1 aliphatic heterocycles. The zero-order chi connectivity index (χ0) is 17.7. The number of carbonyl (C=O) groups is 2. The molecule has 1 saturated heterocycles. The molecule has 1 N–H and O–H groups in total. The summed E-state index contributed by atoms with van der Waals surface area (Å²) >= 11 is 0. The van der Waals surface area contributed by atoms with Crippen molar-refractivity contribution in [3.8, 4) is 6.07 Å². The van der Waals surface area contributed by atoms with E-state index in [1.165, 1.54) is 0 Å². The number of benzene rings is 1. The van der Waals surface area contributed by atoms with E-state index in [0.29, 0.717) is 37.1 Å². The molecule has 1 aromatic carbocycles. The number of amides is 2. The Kier molecular flexibility index (Phi) is 5.45. The Bertz CT molecular complexity index is 650. The van der Waals surface area contributed by atoms with Gasteiger partial charge < -0.3 is 15.0 Å². The van der Waals surface area contributed by atoms with Crippen molar-refractivity contribution >= 4 is 12.0 Å². The third-order valence-electron chi connectivity index (χ3n) is 3.74. The minimum atomic E-state index is -0.506. The van der Waals surface area contributed by atoms with Gasteiger partial charge in [0.05, 0.1) is 11.6 Å². The second-order valence-electron chi connectivity index (χ2n) is 6.91. The Morgan fingerprint density at radius 3 is 2.54 bits per heavy atom. The zero-order valence-electron chi connectivity index (χ0n) is 14.3. The van der Waals surface area contributed by atoms with Crippen LogP contribution in [0.3, 0.4) is 0 Å². The van der Waals surface area contributed by atoms with E-state index in [1.54, 1.807) is 29.2 Å². The van der Waals surface area contributed by atoms with E-state index in [1.807, 2.05) is 26.8 Å². The number of hydrogen-bond acceptors (Lipinski definition) is 4. The summed E-state index contributed by atoms with van der Waals surface area (Å²) in [4.78, 5) is 25.9. The highest BCUT2D eigenvalue weighted by Gasteiger charge is 2.27. The molecule has 0 aromatic heterocycles. The number of rotatable bonds is 2. The van der Waals surface area contributed by atoms with Crippen LogP contribution in [0.2, 0.25) is 0 Å². The Hall–Kier alpha value is -2.55. The molecule has 0 aliphatic carbocycles. The molecule has 6 heteroatoms. The van der Waals surface area contributed by atoms with Crippen molar-refractivity contribution in [3.63, 3.8) is 0 Å². The molecule has 2 rings (SSSR count). The van der Waals surface area contributed by atoms with Gasteiger partial charge in [-0.15, -0.1) is 0 Å². The van der Waals surface area contributed by atoms with Crippen molar-refractivity contribution in [1.29, 1.82) is 5.26 Å². The van der Waals surface area contributed by atoms with Crippen LogP contribution in [0.1, 0.15) is 49.5 Å². The van der Waals surface area contributed by atoms with Crippen LogP contribution in [-0.4, -0.2) is 41.6 Å². The lowest BCUT2D eigenvalue weighted by Crippen LogP contribution is -2.47. The molecule has 0 atom stereocenters. The van der Waals surface area contributed by atoms with E-state index in [-0.39, 0.29) is 18.0 Å². The SMILES string of the molecule is CC(C)(C)OC(=O)N1CCC(NC(=O)c2cccc(C#N)c2)CC1. The summed E-state index contributed by atoms with van der Waals surface area (Å²) in [5.41, 5.74) is 0.430. The van der Waals surface area contributed by atoms with E-state index in [0.717, 1.165) is 0 Å². The van der Waals surface area contributed by atoms with E-state index in [4.69, 9.17) is 10.00 Å². The third-order valence-corrected chi connectivity index (χ3v) is 3.74. The molecule has 2 amide bonds. The van der Waals surface area contributed by atoms with Crippen molar-refractivity contribution in [2.75, 3.05) is 13.1 Å². The number of piperidine rings is 1. The van der Waals surface area contributed by atoms with Crippen molar-refractivity contribution in [1.82, 2.24) is 10.2 Å². The van der Waals surface area contributed by atoms with Gasteiger partial charge in [0.15, 0.2) is 0 Å². The standard InChI is InChI=1S/C18H23N3O3/c1-18(2,3)24-17(23)21-9-7-15(8-10-21)20-16(22)14-6-4-5-13(11-14)12-19/h4-6,11,15H,7-10H2,1-3H3,(H,20,22). The Labute approximate surface area is 142 Å². The highest BCUT2D eigenvalue weighted by atomic mass is 16.6. The van der Waals surface area contributed by atoms with Gasteiger partial charge in [-0.2, -0.15) is 5.26 Å². The molecule has 0 radical (unpaired) electrons. The van der Waals surface area contributed by atoms with Gasteiger partial charge in [-0.1, -0.05) is 6.07 Å². The summed E-state index contributed by atoms with van der Waals surface area (Å²) in [7, 11) is 0. The molecule has 0 spiro atoms. The second-order valence-corrected chi connectivity index (χ2v) is 6.91. The van der Waals surface area contributed by atoms with E-state index >= 15 is 0 Å². The van der Waals surface area contributed by atoms with Crippen molar-refractivity contribution in [2.24, 2.45) is 0 Å². The lowest BCUT2D eigenvalue weighted by Gasteiger charge is -2.33. The van der Waals surface area contributed by atoms with Gasteiger partial charge in [0.25, 0.3) is 5.91 Å². The summed E-state index contributed by atoms with van der Waals surface area (Å²) < 4.78 is 5.36. The lowest BCUT2D eigenvalue weighted by molar-refractivity contribution is 0.0199. The van der Waals surface area contributed by atoms with E-state index < -0.39 is 5.60 Å². The number of hydrogen-bond donors (Lipinski definition) is 1. The highest BCUT2D eigenvalue weighted by molar-refractivity contribution is 5.94. The lowest BCUT2D eigenvalue weighted by atomic mass is 10.0. The molecule has 0 saturated carbocycles. The van der Waals surface area contributed by atoms with E-state index in [2.05, 4.69) is 5.32 Å². The van der Waals surface area contributed by atoms with Crippen molar-refractivity contribution < 1.29 is 14.3 Å². The summed E-state index contributed by atoms with van der Waals surface area (Å²) in [6.45, 7) is 6.63. The van der Waals surface area contributed by atoms with Crippen molar-refractivity contribution in [2.45, 2.75) is 45.3 Å². The minimum Gasteiger partial charge on any atom is -0.444 e. The van der Waals surface area contributed by atoms with Gasteiger partial charge in [-0.3, -0.25) is 4.79 Å². The molecule has 1 fully saturated rings. The van der Waals surface area contributed by atoms with Crippen LogP contribution in [-0.2, 0) is 4.74 Å². The molecule has 1 aromatic rings. The van der Waals surface area contributed by atoms with Gasteiger partial charge in [-0.25, -0.2) is 4.79 Å². The highest BCUT2D eigenvalue weighted by Crippen LogP contribution is 2.16. The third kappa shape index (κ3) is 4.98.